The Kier molecular flexibility index (Phi) is 6.57. The summed E-state index contributed by atoms with van der Waals surface area (Å²) in [5, 5.41) is 6.25. The number of amides is 2. The Hall–Kier alpha value is -3.45. The van der Waals surface area contributed by atoms with Gasteiger partial charge in [0.1, 0.15) is 5.60 Å². The molecule has 34 heavy (non-hydrogen) atoms. The van der Waals surface area contributed by atoms with Gasteiger partial charge in [-0.3, -0.25) is 14.5 Å². The van der Waals surface area contributed by atoms with Crippen molar-refractivity contribution in [3.63, 3.8) is 0 Å². The van der Waals surface area contributed by atoms with Gasteiger partial charge in [0, 0.05) is 22.9 Å². The van der Waals surface area contributed by atoms with E-state index in [1.54, 1.807) is 23.1 Å². The number of rotatable bonds is 4. The molecule has 0 aliphatic carbocycles. The smallest absolute Gasteiger partial charge is 0.415 e. The average Bonchev–Trinajstić information content (AvgIpc) is 3.11. The monoisotopic (exact) mass is 461 g/mol. The van der Waals surface area contributed by atoms with Crippen LogP contribution in [0.3, 0.4) is 0 Å². The number of hydrogen-bond donors (Lipinski definition) is 2. The van der Waals surface area contributed by atoms with Gasteiger partial charge in [0.05, 0.1) is 11.3 Å². The summed E-state index contributed by atoms with van der Waals surface area (Å²) in [6.07, 6.45) is 0.963. The molecule has 7 heteroatoms. The van der Waals surface area contributed by atoms with E-state index in [9.17, 15) is 14.4 Å². The number of fused-ring (bicyclic) bond motifs is 1. The van der Waals surface area contributed by atoms with E-state index in [0.717, 1.165) is 31.5 Å². The largest absolute Gasteiger partial charge is 0.443 e. The third-order valence-electron chi connectivity index (χ3n) is 5.96. The van der Waals surface area contributed by atoms with Crippen molar-refractivity contribution in [2.75, 3.05) is 18.4 Å². The number of nitrogens with one attached hydrogen (secondary N) is 2. The highest BCUT2D eigenvalue weighted by atomic mass is 16.6. The normalized spacial score (nSPS) is 17.6. The Morgan fingerprint density at radius 3 is 2.29 bits per heavy atom. The van der Waals surface area contributed by atoms with Crippen molar-refractivity contribution in [3.8, 4) is 0 Å². The molecule has 4 rings (SSSR count). The van der Waals surface area contributed by atoms with Crippen LogP contribution < -0.4 is 10.6 Å². The van der Waals surface area contributed by atoms with Crippen LogP contribution in [0.15, 0.2) is 48.5 Å². The first-order chi connectivity index (χ1) is 16.2. The Morgan fingerprint density at radius 2 is 1.68 bits per heavy atom. The molecular weight excluding hydrogens is 430 g/mol. The molecule has 2 aliphatic heterocycles. The van der Waals surface area contributed by atoms with E-state index in [1.807, 2.05) is 51.1 Å². The van der Waals surface area contributed by atoms with Gasteiger partial charge in [-0.1, -0.05) is 30.3 Å². The Morgan fingerprint density at radius 1 is 1.00 bits per heavy atom. The molecular formula is C27H31N3O4. The molecule has 2 heterocycles. The lowest BCUT2D eigenvalue weighted by Crippen LogP contribution is -2.47. The molecule has 1 fully saturated rings. The van der Waals surface area contributed by atoms with Gasteiger partial charge >= 0.3 is 6.09 Å². The van der Waals surface area contributed by atoms with Crippen LogP contribution in [0.5, 0.6) is 0 Å². The second-order valence-corrected chi connectivity index (χ2v) is 9.69. The third-order valence-corrected chi connectivity index (χ3v) is 5.96. The average molecular weight is 462 g/mol. The molecule has 1 saturated heterocycles. The maximum atomic E-state index is 13.7. The minimum atomic E-state index is -0.702. The number of Topliss-reactive ketones (excluding diaryl/α,β-unsaturated/α-hetero) is 1. The summed E-state index contributed by atoms with van der Waals surface area (Å²) in [7, 11) is 0. The van der Waals surface area contributed by atoms with Gasteiger partial charge in [-0.05, 0) is 77.4 Å². The van der Waals surface area contributed by atoms with Gasteiger partial charge < -0.3 is 15.4 Å². The number of nitrogens with zero attached hydrogens (tertiary/aromatic N) is 1. The van der Waals surface area contributed by atoms with Gasteiger partial charge in [0.15, 0.2) is 5.78 Å². The maximum Gasteiger partial charge on any atom is 0.415 e. The van der Waals surface area contributed by atoms with Crippen molar-refractivity contribution in [1.82, 2.24) is 10.2 Å². The highest BCUT2D eigenvalue weighted by Crippen LogP contribution is 2.41. The molecule has 0 saturated carbocycles. The molecule has 0 atom stereocenters. The topological polar surface area (TPSA) is 87.7 Å². The van der Waals surface area contributed by atoms with Crippen LogP contribution in [-0.4, -0.2) is 47.4 Å². The van der Waals surface area contributed by atoms with Gasteiger partial charge in [-0.25, -0.2) is 4.79 Å². The SMILES string of the molecule is CC(=O)c1ccc2c(c1)/C(=C(\c1ccccc1)N(C(=O)OC(C)(C)C)C1CCNCC1)C(=O)N2. The predicted octanol–water partition coefficient (Wildman–Crippen LogP) is 4.70. The lowest BCUT2D eigenvalue weighted by molar-refractivity contribution is -0.110. The van der Waals surface area contributed by atoms with Crippen molar-refractivity contribution in [2.24, 2.45) is 0 Å². The molecule has 2 N–H and O–H groups in total. The number of hydrogen-bond acceptors (Lipinski definition) is 5. The van der Waals surface area contributed by atoms with Crippen LogP contribution in [0.25, 0.3) is 11.3 Å². The number of ether oxygens (including phenoxy) is 1. The van der Waals surface area contributed by atoms with Gasteiger partial charge in [0.2, 0.25) is 0 Å². The zero-order chi connectivity index (χ0) is 24.5. The molecule has 2 amide bonds. The maximum absolute atomic E-state index is 13.7. The highest BCUT2D eigenvalue weighted by Gasteiger charge is 2.38. The molecule has 7 nitrogen and oxygen atoms in total. The number of carbonyl (C=O) groups excluding carboxylic acids is 3. The van der Waals surface area contributed by atoms with Crippen LogP contribution in [0.2, 0.25) is 0 Å². The summed E-state index contributed by atoms with van der Waals surface area (Å²) in [6, 6.07) is 14.5. The fraction of sp³-hybridized carbons (Fsp3) is 0.370. The van der Waals surface area contributed by atoms with Crippen LogP contribution in [0.4, 0.5) is 10.5 Å². The highest BCUT2D eigenvalue weighted by molar-refractivity contribution is 6.37. The van der Waals surface area contributed by atoms with E-state index in [-0.39, 0.29) is 17.7 Å². The summed E-state index contributed by atoms with van der Waals surface area (Å²) in [6.45, 7) is 8.51. The zero-order valence-corrected chi connectivity index (χ0v) is 20.1. The first-order valence-electron chi connectivity index (χ1n) is 11.6. The fourth-order valence-electron chi connectivity index (χ4n) is 4.42. The van der Waals surface area contributed by atoms with E-state index in [2.05, 4.69) is 10.6 Å². The number of piperidine rings is 1. The molecule has 0 radical (unpaired) electrons. The van der Waals surface area contributed by atoms with E-state index >= 15 is 0 Å². The van der Waals surface area contributed by atoms with E-state index in [4.69, 9.17) is 4.74 Å². The molecule has 2 aromatic carbocycles. The molecule has 0 aromatic heterocycles. The van der Waals surface area contributed by atoms with E-state index < -0.39 is 11.7 Å². The quantitative estimate of drug-likeness (QED) is 0.509. The first-order valence-corrected chi connectivity index (χ1v) is 11.6. The standard InChI is InChI=1S/C27H31N3O4/c1-17(31)19-10-11-22-21(16-19)23(25(32)29-22)24(18-8-6-5-7-9-18)30(20-12-14-28-15-13-20)26(33)34-27(2,3)4/h5-11,16,20,28H,12-15H2,1-4H3,(H,29,32)/b24-23-. The van der Waals surface area contributed by atoms with E-state index in [0.29, 0.717) is 28.1 Å². The fourth-order valence-corrected chi connectivity index (χ4v) is 4.42. The summed E-state index contributed by atoms with van der Waals surface area (Å²) < 4.78 is 5.85. The zero-order valence-electron chi connectivity index (χ0n) is 20.1. The van der Waals surface area contributed by atoms with Crippen molar-refractivity contribution in [1.29, 1.82) is 0 Å². The number of anilines is 1. The molecule has 178 valence electrons. The van der Waals surface area contributed by atoms with Gasteiger partial charge in [-0.2, -0.15) is 0 Å². The van der Waals surface area contributed by atoms with Crippen LogP contribution in [0.1, 0.15) is 62.0 Å². The third kappa shape index (κ3) is 4.89. The number of benzene rings is 2. The first kappa shape index (κ1) is 23.7. The summed E-state index contributed by atoms with van der Waals surface area (Å²) in [5.74, 6) is -0.401. The molecule has 0 unspecified atom stereocenters. The lowest BCUT2D eigenvalue weighted by atomic mass is 9.95. The Bertz CT molecular complexity index is 1140. The molecule has 2 aromatic rings. The van der Waals surface area contributed by atoms with Gasteiger partial charge in [0.25, 0.3) is 5.91 Å². The number of ketones is 1. The summed E-state index contributed by atoms with van der Waals surface area (Å²) in [5.41, 5.74) is 2.63. The van der Waals surface area contributed by atoms with Gasteiger partial charge in [-0.15, -0.1) is 0 Å². The molecule has 0 spiro atoms. The Balaban J connectivity index is 1.98. The minimum absolute atomic E-state index is 0.0925. The van der Waals surface area contributed by atoms with Crippen LogP contribution >= 0.6 is 0 Å². The second kappa shape index (κ2) is 9.43. The second-order valence-electron chi connectivity index (χ2n) is 9.69. The van der Waals surface area contributed by atoms with Crippen molar-refractivity contribution < 1.29 is 19.1 Å². The Labute approximate surface area is 200 Å². The molecule has 2 aliphatic rings. The predicted molar refractivity (Wildman–Crippen MR) is 132 cm³/mol. The van der Waals surface area contributed by atoms with Crippen LogP contribution in [-0.2, 0) is 9.53 Å². The van der Waals surface area contributed by atoms with E-state index in [1.165, 1.54) is 6.92 Å². The lowest BCUT2D eigenvalue weighted by Gasteiger charge is -2.38. The minimum Gasteiger partial charge on any atom is -0.443 e. The van der Waals surface area contributed by atoms with Crippen molar-refractivity contribution in [2.45, 2.75) is 52.2 Å². The van der Waals surface area contributed by atoms with Crippen molar-refractivity contribution >= 4 is 34.7 Å². The summed E-state index contributed by atoms with van der Waals surface area (Å²) in [4.78, 5) is 40.8. The van der Waals surface area contributed by atoms with Crippen LogP contribution in [0, 0.1) is 0 Å². The van der Waals surface area contributed by atoms with Crippen molar-refractivity contribution in [3.05, 3.63) is 65.2 Å². The molecule has 0 bridgehead atoms. The number of carbonyl (C=O) groups is 3. The summed E-state index contributed by atoms with van der Waals surface area (Å²) >= 11 is 0.